The number of nitrogens with one attached hydrogen (secondary N) is 1. The fourth-order valence-corrected chi connectivity index (χ4v) is 1.15. The van der Waals surface area contributed by atoms with Crippen LogP contribution in [-0.4, -0.2) is 16.9 Å². The molecule has 0 aliphatic carbocycles. The lowest BCUT2D eigenvalue weighted by Gasteiger charge is -2.02. The van der Waals surface area contributed by atoms with Gasteiger partial charge < -0.3 is 10.8 Å². The van der Waals surface area contributed by atoms with Crippen molar-refractivity contribution in [3.63, 3.8) is 0 Å². The Morgan fingerprint density at radius 3 is 2.79 bits per heavy atom. The molecule has 4 heteroatoms. The van der Waals surface area contributed by atoms with Crippen molar-refractivity contribution >= 4 is 11.8 Å². The molecule has 74 valence electrons. The van der Waals surface area contributed by atoms with Crippen molar-refractivity contribution in [1.29, 1.82) is 5.41 Å². The van der Waals surface area contributed by atoms with E-state index in [2.05, 4.69) is 0 Å². The summed E-state index contributed by atoms with van der Waals surface area (Å²) in [6.07, 6.45) is 0.567. The summed E-state index contributed by atoms with van der Waals surface area (Å²) in [6, 6.07) is 7.07. The zero-order valence-corrected chi connectivity index (χ0v) is 7.66. The monoisotopic (exact) mass is 192 g/mol. The smallest absolute Gasteiger partial charge is 0.303 e. The van der Waals surface area contributed by atoms with Crippen molar-refractivity contribution in [2.45, 2.75) is 12.8 Å². The number of benzene rings is 1. The second-order valence-electron chi connectivity index (χ2n) is 3.01. The minimum atomic E-state index is -0.821. The molecule has 1 rings (SSSR count). The van der Waals surface area contributed by atoms with Crippen LogP contribution in [0.1, 0.15) is 17.5 Å². The van der Waals surface area contributed by atoms with Crippen molar-refractivity contribution < 1.29 is 9.90 Å². The second kappa shape index (κ2) is 4.41. The molecule has 0 saturated carbocycles. The van der Waals surface area contributed by atoms with E-state index in [1.54, 1.807) is 18.2 Å². The number of carboxylic acids is 1. The van der Waals surface area contributed by atoms with Crippen molar-refractivity contribution in [2.24, 2.45) is 5.73 Å². The van der Waals surface area contributed by atoms with E-state index in [4.69, 9.17) is 16.2 Å². The van der Waals surface area contributed by atoms with Gasteiger partial charge in [-0.3, -0.25) is 10.2 Å². The second-order valence-corrected chi connectivity index (χ2v) is 3.01. The first kappa shape index (κ1) is 10.2. The summed E-state index contributed by atoms with van der Waals surface area (Å²) >= 11 is 0. The number of aryl methyl sites for hydroxylation is 1. The quantitative estimate of drug-likeness (QED) is 0.491. The molecule has 4 N–H and O–H groups in total. The topological polar surface area (TPSA) is 87.2 Å². The van der Waals surface area contributed by atoms with Crippen LogP contribution in [0.4, 0.5) is 0 Å². The van der Waals surface area contributed by atoms with Gasteiger partial charge in [0.25, 0.3) is 0 Å². The van der Waals surface area contributed by atoms with Gasteiger partial charge >= 0.3 is 5.97 Å². The molecule has 0 heterocycles. The van der Waals surface area contributed by atoms with Crippen molar-refractivity contribution in [1.82, 2.24) is 0 Å². The molecule has 1 aromatic carbocycles. The Labute approximate surface area is 81.9 Å². The molecule has 0 aromatic heterocycles. The molecule has 0 aliphatic heterocycles. The standard InChI is InChI=1S/C10H12N2O2/c11-10(12)8-3-1-2-7(6-8)4-5-9(13)14/h1-3,6H,4-5H2,(H3,11,12)(H,13,14). The average Bonchev–Trinajstić information content (AvgIpc) is 2.15. The maximum absolute atomic E-state index is 10.3. The lowest BCUT2D eigenvalue weighted by Crippen LogP contribution is -2.11. The van der Waals surface area contributed by atoms with Gasteiger partial charge in [0.2, 0.25) is 0 Å². The van der Waals surface area contributed by atoms with Crippen LogP contribution in [0, 0.1) is 5.41 Å². The minimum absolute atomic E-state index is 0.00201. The number of amidine groups is 1. The summed E-state index contributed by atoms with van der Waals surface area (Å²) in [5.74, 6) is -0.819. The molecule has 0 radical (unpaired) electrons. The maximum Gasteiger partial charge on any atom is 0.303 e. The summed E-state index contributed by atoms with van der Waals surface area (Å²) in [6.45, 7) is 0. The molecule has 0 aliphatic rings. The van der Waals surface area contributed by atoms with Crippen LogP contribution in [0.5, 0.6) is 0 Å². The van der Waals surface area contributed by atoms with Gasteiger partial charge in [-0.1, -0.05) is 18.2 Å². The third-order valence-corrected chi connectivity index (χ3v) is 1.87. The zero-order valence-electron chi connectivity index (χ0n) is 7.66. The number of nitrogens with two attached hydrogens (primary N) is 1. The Bertz CT molecular complexity index is 361. The Morgan fingerprint density at radius 1 is 1.50 bits per heavy atom. The summed E-state index contributed by atoms with van der Waals surface area (Å²) < 4.78 is 0. The highest BCUT2D eigenvalue weighted by Crippen LogP contribution is 2.06. The molecular formula is C10H12N2O2. The molecule has 0 bridgehead atoms. The highest BCUT2D eigenvalue weighted by atomic mass is 16.4. The molecule has 4 nitrogen and oxygen atoms in total. The van der Waals surface area contributed by atoms with E-state index in [-0.39, 0.29) is 12.3 Å². The fourth-order valence-electron chi connectivity index (χ4n) is 1.15. The van der Waals surface area contributed by atoms with Crippen LogP contribution in [-0.2, 0) is 11.2 Å². The van der Waals surface area contributed by atoms with Gasteiger partial charge in [-0.2, -0.15) is 0 Å². The van der Waals surface area contributed by atoms with Crippen LogP contribution >= 0.6 is 0 Å². The summed E-state index contributed by atoms with van der Waals surface area (Å²) in [5, 5.41) is 15.7. The first-order chi connectivity index (χ1) is 6.59. The Morgan fingerprint density at radius 2 is 2.21 bits per heavy atom. The predicted molar refractivity (Wildman–Crippen MR) is 53.4 cm³/mol. The van der Waals surface area contributed by atoms with Gasteiger partial charge in [-0.05, 0) is 18.1 Å². The average molecular weight is 192 g/mol. The molecule has 0 unspecified atom stereocenters. The number of hydrogen-bond donors (Lipinski definition) is 3. The molecule has 0 amide bonds. The molecular weight excluding hydrogens is 180 g/mol. The van der Waals surface area contributed by atoms with E-state index in [1.165, 1.54) is 0 Å². The molecule has 0 fully saturated rings. The largest absolute Gasteiger partial charge is 0.481 e. The van der Waals surface area contributed by atoms with Gasteiger partial charge in [-0.25, -0.2) is 0 Å². The molecule has 1 aromatic rings. The van der Waals surface area contributed by atoms with Gasteiger partial charge in [0.15, 0.2) is 0 Å². The summed E-state index contributed by atoms with van der Waals surface area (Å²) in [5.41, 5.74) is 6.83. The molecule has 0 atom stereocenters. The van der Waals surface area contributed by atoms with Crippen LogP contribution in [0.3, 0.4) is 0 Å². The van der Waals surface area contributed by atoms with Gasteiger partial charge in [0.05, 0.1) is 0 Å². The number of aliphatic carboxylic acids is 1. The SMILES string of the molecule is N=C(N)c1cccc(CCC(=O)O)c1. The lowest BCUT2D eigenvalue weighted by molar-refractivity contribution is -0.136. The van der Waals surface area contributed by atoms with Crippen LogP contribution < -0.4 is 5.73 Å². The summed E-state index contributed by atoms with van der Waals surface area (Å²) in [4.78, 5) is 10.3. The Kier molecular flexibility index (Phi) is 3.23. The van der Waals surface area contributed by atoms with Crippen LogP contribution in [0.15, 0.2) is 24.3 Å². The van der Waals surface area contributed by atoms with E-state index >= 15 is 0 Å². The highest BCUT2D eigenvalue weighted by molar-refractivity contribution is 5.95. The predicted octanol–water partition coefficient (Wildman–Crippen LogP) is 0.988. The zero-order chi connectivity index (χ0) is 10.6. The third kappa shape index (κ3) is 2.90. The number of rotatable bonds is 4. The molecule has 0 spiro atoms. The first-order valence-corrected chi connectivity index (χ1v) is 4.24. The van der Waals surface area contributed by atoms with E-state index in [0.717, 1.165) is 5.56 Å². The first-order valence-electron chi connectivity index (χ1n) is 4.24. The summed E-state index contributed by atoms with van der Waals surface area (Å²) in [7, 11) is 0. The Balaban J connectivity index is 2.73. The minimum Gasteiger partial charge on any atom is -0.481 e. The third-order valence-electron chi connectivity index (χ3n) is 1.87. The van der Waals surface area contributed by atoms with Crippen molar-refractivity contribution in [2.75, 3.05) is 0 Å². The number of carbonyl (C=O) groups is 1. The van der Waals surface area contributed by atoms with E-state index in [9.17, 15) is 4.79 Å². The number of carboxylic acid groups (broad SMARTS) is 1. The maximum atomic E-state index is 10.3. The lowest BCUT2D eigenvalue weighted by atomic mass is 10.1. The van der Waals surface area contributed by atoms with Crippen LogP contribution in [0.25, 0.3) is 0 Å². The van der Waals surface area contributed by atoms with Gasteiger partial charge in [0, 0.05) is 12.0 Å². The van der Waals surface area contributed by atoms with Crippen molar-refractivity contribution in [3.8, 4) is 0 Å². The number of hydrogen-bond acceptors (Lipinski definition) is 2. The molecule has 0 saturated heterocycles. The van der Waals surface area contributed by atoms with Gasteiger partial charge in [0.1, 0.15) is 5.84 Å². The van der Waals surface area contributed by atoms with E-state index in [1.807, 2.05) is 6.07 Å². The van der Waals surface area contributed by atoms with Gasteiger partial charge in [-0.15, -0.1) is 0 Å². The van der Waals surface area contributed by atoms with E-state index in [0.29, 0.717) is 12.0 Å². The normalized spacial score (nSPS) is 9.71. The molecule has 14 heavy (non-hydrogen) atoms. The Hall–Kier alpha value is -1.84. The van der Waals surface area contributed by atoms with E-state index < -0.39 is 5.97 Å². The number of nitrogen functional groups attached to an aromatic ring is 1. The highest BCUT2D eigenvalue weighted by Gasteiger charge is 2.01. The fraction of sp³-hybridized carbons (Fsp3) is 0.200. The van der Waals surface area contributed by atoms with Crippen molar-refractivity contribution in [3.05, 3.63) is 35.4 Å². The van der Waals surface area contributed by atoms with Crippen LogP contribution in [0.2, 0.25) is 0 Å².